The number of ether oxygens (including phenoxy) is 3. The molecule has 0 aliphatic rings. The van der Waals surface area contributed by atoms with Gasteiger partial charge >= 0.3 is 0 Å². The Kier molecular flexibility index (Phi) is 5.99. The van der Waals surface area contributed by atoms with Crippen LogP contribution in [0.3, 0.4) is 0 Å². The van der Waals surface area contributed by atoms with Crippen LogP contribution in [-0.2, 0) is 0 Å². The first-order valence-corrected chi connectivity index (χ1v) is 9.28. The predicted octanol–water partition coefficient (Wildman–Crippen LogP) is 4.73. The van der Waals surface area contributed by atoms with Crippen LogP contribution in [-0.4, -0.2) is 32.2 Å². The summed E-state index contributed by atoms with van der Waals surface area (Å²) in [5.41, 5.74) is 2.05. The van der Waals surface area contributed by atoms with E-state index in [2.05, 4.69) is 10.3 Å². The molecule has 3 aromatic rings. The first-order chi connectivity index (χ1) is 13.5. The number of carbonyl (C=O) groups excluding carboxylic acids is 1. The number of benzene rings is 2. The summed E-state index contributed by atoms with van der Waals surface area (Å²) in [7, 11) is 4.68. The fourth-order valence-electron chi connectivity index (χ4n) is 3.21. The van der Waals surface area contributed by atoms with E-state index in [1.165, 1.54) is 0 Å². The van der Waals surface area contributed by atoms with Crippen LogP contribution in [0.1, 0.15) is 35.4 Å². The van der Waals surface area contributed by atoms with Crippen LogP contribution >= 0.6 is 11.6 Å². The first kappa shape index (κ1) is 19.9. The van der Waals surface area contributed by atoms with Crippen LogP contribution < -0.4 is 19.5 Å². The van der Waals surface area contributed by atoms with Crippen LogP contribution in [0, 0.1) is 0 Å². The van der Waals surface area contributed by atoms with Crippen LogP contribution in [0.5, 0.6) is 17.2 Å². The minimum atomic E-state index is -0.221. The molecule has 0 radical (unpaired) electrons. The van der Waals surface area contributed by atoms with Crippen LogP contribution in [0.2, 0.25) is 5.02 Å². The second kappa shape index (κ2) is 8.44. The van der Waals surface area contributed by atoms with E-state index >= 15 is 0 Å². The number of aromatic nitrogens is 1. The van der Waals surface area contributed by atoms with E-state index in [0.29, 0.717) is 33.5 Å². The number of methoxy groups -OCH3 is 3. The van der Waals surface area contributed by atoms with E-state index in [9.17, 15) is 4.79 Å². The van der Waals surface area contributed by atoms with Crippen LogP contribution in [0.15, 0.2) is 36.4 Å². The highest BCUT2D eigenvalue weighted by Crippen LogP contribution is 2.41. The number of amides is 1. The summed E-state index contributed by atoms with van der Waals surface area (Å²) in [6.45, 7) is 2.02. The first-order valence-electron chi connectivity index (χ1n) is 8.90. The highest BCUT2D eigenvalue weighted by Gasteiger charge is 2.21. The van der Waals surface area contributed by atoms with Crippen molar-refractivity contribution < 1.29 is 19.0 Å². The van der Waals surface area contributed by atoms with Gasteiger partial charge in [-0.3, -0.25) is 4.79 Å². The van der Waals surface area contributed by atoms with Crippen molar-refractivity contribution in [3.63, 3.8) is 0 Å². The van der Waals surface area contributed by atoms with E-state index in [4.69, 9.17) is 25.8 Å². The summed E-state index contributed by atoms with van der Waals surface area (Å²) in [4.78, 5) is 16.0. The Hall–Kier alpha value is -2.86. The van der Waals surface area contributed by atoms with Crippen molar-refractivity contribution in [2.24, 2.45) is 0 Å². The third kappa shape index (κ3) is 3.73. The maximum absolute atomic E-state index is 12.9. The Morgan fingerprint density at radius 1 is 1.07 bits per heavy atom. The Balaban J connectivity index is 1.96. The Bertz CT molecular complexity index is 982. The summed E-state index contributed by atoms with van der Waals surface area (Å²) < 4.78 is 16.3. The Morgan fingerprint density at radius 3 is 2.32 bits per heavy atom. The molecule has 2 aromatic carbocycles. The lowest BCUT2D eigenvalue weighted by atomic mass is 10.0. The fourth-order valence-corrected chi connectivity index (χ4v) is 3.34. The molecule has 0 fully saturated rings. The smallest absolute Gasteiger partial charge is 0.268 e. The highest BCUT2D eigenvalue weighted by molar-refractivity contribution is 6.30. The SMILES string of the molecule is CCC(NC(=O)c1cc2c(OC)cc(OC)c(OC)c2[nH]1)c1ccc(Cl)cc1. The fraction of sp³-hybridized carbons (Fsp3) is 0.286. The van der Waals surface area contributed by atoms with Crippen LogP contribution in [0.25, 0.3) is 10.9 Å². The van der Waals surface area contributed by atoms with E-state index in [1.54, 1.807) is 33.5 Å². The topological polar surface area (TPSA) is 72.6 Å². The number of carbonyl (C=O) groups is 1. The lowest BCUT2D eigenvalue weighted by molar-refractivity contribution is 0.0931. The Labute approximate surface area is 168 Å². The van der Waals surface area contributed by atoms with Gasteiger partial charge in [0, 0.05) is 16.5 Å². The van der Waals surface area contributed by atoms with E-state index in [-0.39, 0.29) is 11.9 Å². The number of hydrogen-bond donors (Lipinski definition) is 2. The molecule has 0 saturated carbocycles. The average Bonchev–Trinajstić information content (AvgIpc) is 3.16. The Morgan fingerprint density at radius 2 is 1.75 bits per heavy atom. The van der Waals surface area contributed by atoms with E-state index < -0.39 is 0 Å². The van der Waals surface area contributed by atoms with Gasteiger partial charge in [0.15, 0.2) is 11.5 Å². The van der Waals surface area contributed by atoms with Crippen molar-refractivity contribution in [1.82, 2.24) is 10.3 Å². The maximum Gasteiger partial charge on any atom is 0.268 e. The third-order valence-electron chi connectivity index (χ3n) is 4.67. The monoisotopic (exact) mass is 402 g/mol. The zero-order chi connectivity index (χ0) is 20.3. The molecule has 0 aliphatic carbocycles. The van der Waals surface area contributed by atoms with E-state index in [1.807, 2.05) is 31.2 Å². The minimum Gasteiger partial charge on any atom is -0.496 e. The molecule has 0 bridgehead atoms. The number of nitrogens with one attached hydrogen (secondary N) is 2. The summed E-state index contributed by atoms with van der Waals surface area (Å²) in [6, 6.07) is 10.8. The third-order valence-corrected chi connectivity index (χ3v) is 4.92. The van der Waals surface area contributed by atoms with Gasteiger partial charge in [0.1, 0.15) is 11.4 Å². The van der Waals surface area contributed by atoms with Crippen molar-refractivity contribution in [1.29, 1.82) is 0 Å². The molecule has 3 rings (SSSR count). The standard InChI is InChI=1S/C21H23ClN2O4/c1-5-15(12-6-8-13(22)9-7-12)24-21(25)16-10-14-17(26-2)11-18(27-3)20(28-4)19(14)23-16/h6-11,15,23H,5H2,1-4H3,(H,24,25). The van der Waals surface area contributed by atoms with Gasteiger partial charge in [0.25, 0.3) is 5.91 Å². The number of H-pyrrole nitrogens is 1. The second-order valence-electron chi connectivity index (χ2n) is 6.27. The van der Waals surface area contributed by atoms with Gasteiger partial charge in [-0.15, -0.1) is 0 Å². The minimum absolute atomic E-state index is 0.130. The van der Waals surface area contributed by atoms with E-state index in [0.717, 1.165) is 17.4 Å². The number of halogens is 1. The summed E-state index contributed by atoms with van der Waals surface area (Å²) in [6.07, 6.45) is 0.744. The molecular formula is C21H23ClN2O4. The number of fused-ring (bicyclic) bond motifs is 1. The molecular weight excluding hydrogens is 380 g/mol. The van der Waals surface area contributed by atoms with Crippen molar-refractivity contribution >= 4 is 28.4 Å². The lowest BCUT2D eigenvalue weighted by Crippen LogP contribution is -2.28. The molecule has 6 nitrogen and oxygen atoms in total. The molecule has 0 spiro atoms. The van der Waals surface area contributed by atoms with Gasteiger partial charge in [-0.05, 0) is 30.2 Å². The maximum atomic E-state index is 12.9. The normalized spacial score (nSPS) is 11.9. The van der Waals surface area contributed by atoms with Gasteiger partial charge in [-0.25, -0.2) is 0 Å². The molecule has 1 aromatic heterocycles. The zero-order valence-electron chi connectivity index (χ0n) is 16.3. The van der Waals surface area contributed by atoms with Gasteiger partial charge in [-0.2, -0.15) is 0 Å². The number of hydrogen-bond acceptors (Lipinski definition) is 4. The summed E-state index contributed by atoms with van der Waals surface area (Å²) in [5, 5.41) is 4.46. The molecule has 1 heterocycles. The molecule has 28 heavy (non-hydrogen) atoms. The van der Waals surface area contributed by atoms with Crippen molar-refractivity contribution in [2.75, 3.05) is 21.3 Å². The van der Waals surface area contributed by atoms with Gasteiger partial charge in [-0.1, -0.05) is 30.7 Å². The molecule has 0 aliphatic heterocycles. The average molecular weight is 403 g/mol. The highest BCUT2D eigenvalue weighted by atomic mass is 35.5. The van der Waals surface area contributed by atoms with Crippen molar-refractivity contribution in [3.05, 3.63) is 52.7 Å². The van der Waals surface area contributed by atoms with Gasteiger partial charge in [0.2, 0.25) is 0 Å². The lowest BCUT2D eigenvalue weighted by Gasteiger charge is -2.17. The summed E-state index contributed by atoms with van der Waals surface area (Å²) in [5.74, 6) is 1.41. The van der Waals surface area contributed by atoms with Gasteiger partial charge in [0.05, 0.1) is 32.9 Å². The van der Waals surface area contributed by atoms with Gasteiger partial charge < -0.3 is 24.5 Å². The summed E-state index contributed by atoms with van der Waals surface area (Å²) >= 11 is 5.96. The molecule has 7 heteroatoms. The zero-order valence-corrected chi connectivity index (χ0v) is 17.0. The van der Waals surface area contributed by atoms with Crippen LogP contribution in [0.4, 0.5) is 0 Å². The van der Waals surface area contributed by atoms with Crippen molar-refractivity contribution in [2.45, 2.75) is 19.4 Å². The van der Waals surface area contributed by atoms with Crippen molar-refractivity contribution in [3.8, 4) is 17.2 Å². The largest absolute Gasteiger partial charge is 0.496 e. The molecule has 1 unspecified atom stereocenters. The predicted molar refractivity (Wildman–Crippen MR) is 110 cm³/mol. The quantitative estimate of drug-likeness (QED) is 0.599. The molecule has 0 saturated heterocycles. The molecule has 148 valence electrons. The molecule has 2 N–H and O–H groups in total. The molecule has 1 atom stereocenters. The second-order valence-corrected chi connectivity index (χ2v) is 6.71. The number of aromatic amines is 1. The number of rotatable bonds is 7. The molecule has 1 amide bonds.